The maximum absolute atomic E-state index is 11.8. The summed E-state index contributed by atoms with van der Waals surface area (Å²) in [6.07, 6.45) is 14.8. The molecule has 3 nitrogen and oxygen atoms in total. The normalized spacial score (nSPS) is 20.9. The van der Waals surface area contributed by atoms with Crippen molar-refractivity contribution >= 4 is 5.91 Å². The van der Waals surface area contributed by atoms with Crippen LogP contribution in [0.15, 0.2) is 11.6 Å². The zero-order valence-corrected chi connectivity index (χ0v) is 12.0. The van der Waals surface area contributed by atoms with Crippen LogP contribution in [0.4, 0.5) is 0 Å². The Morgan fingerprint density at radius 3 is 2.63 bits per heavy atom. The van der Waals surface area contributed by atoms with Gasteiger partial charge in [-0.15, -0.1) is 0 Å². The van der Waals surface area contributed by atoms with Gasteiger partial charge in [-0.1, -0.05) is 37.3 Å². The molecule has 1 fully saturated rings. The maximum atomic E-state index is 11.8. The Morgan fingerprint density at radius 2 is 1.95 bits per heavy atom. The second-order valence-corrected chi connectivity index (χ2v) is 5.94. The Balaban J connectivity index is 1.53. The highest BCUT2D eigenvalue weighted by molar-refractivity contribution is 5.78. The van der Waals surface area contributed by atoms with E-state index < -0.39 is 0 Å². The summed E-state index contributed by atoms with van der Waals surface area (Å²) in [7, 11) is 0. The van der Waals surface area contributed by atoms with Crippen LogP contribution in [-0.4, -0.2) is 25.0 Å². The van der Waals surface area contributed by atoms with Gasteiger partial charge in [0.15, 0.2) is 0 Å². The first-order chi connectivity index (χ1) is 9.34. The van der Waals surface area contributed by atoms with Crippen LogP contribution in [-0.2, 0) is 4.79 Å². The molecule has 2 N–H and O–H groups in total. The summed E-state index contributed by atoms with van der Waals surface area (Å²) in [4.78, 5) is 11.8. The highest BCUT2D eigenvalue weighted by atomic mass is 16.1. The van der Waals surface area contributed by atoms with E-state index in [2.05, 4.69) is 16.7 Å². The minimum absolute atomic E-state index is 0.173. The molecule has 19 heavy (non-hydrogen) atoms. The minimum atomic E-state index is 0.173. The number of carbonyl (C=O) groups excluding carboxylic acids is 1. The lowest BCUT2D eigenvalue weighted by molar-refractivity contribution is -0.121. The van der Waals surface area contributed by atoms with Gasteiger partial charge in [0.25, 0.3) is 0 Å². The van der Waals surface area contributed by atoms with Crippen LogP contribution in [0.2, 0.25) is 0 Å². The van der Waals surface area contributed by atoms with Crippen LogP contribution < -0.4 is 10.6 Å². The van der Waals surface area contributed by atoms with Crippen LogP contribution in [0.25, 0.3) is 0 Å². The van der Waals surface area contributed by atoms with Crippen molar-refractivity contribution in [3.8, 4) is 0 Å². The highest BCUT2D eigenvalue weighted by Crippen LogP contribution is 2.19. The van der Waals surface area contributed by atoms with Crippen molar-refractivity contribution in [1.82, 2.24) is 10.6 Å². The van der Waals surface area contributed by atoms with Gasteiger partial charge in [-0.3, -0.25) is 4.79 Å². The molecule has 0 unspecified atom stereocenters. The zero-order chi connectivity index (χ0) is 13.3. The topological polar surface area (TPSA) is 41.1 Å². The van der Waals surface area contributed by atoms with Gasteiger partial charge in [-0.05, 0) is 45.1 Å². The zero-order valence-electron chi connectivity index (χ0n) is 12.0. The van der Waals surface area contributed by atoms with Gasteiger partial charge in [0.2, 0.25) is 5.91 Å². The minimum Gasteiger partial charge on any atom is -0.352 e. The molecule has 2 aliphatic carbocycles. The summed E-state index contributed by atoms with van der Waals surface area (Å²) in [5, 5.41) is 6.44. The number of hydrogen-bond donors (Lipinski definition) is 2. The SMILES string of the molecule is O=C(CNCCC1=CCCC1)NC1CCCCCC1. The van der Waals surface area contributed by atoms with Crippen molar-refractivity contribution in [2.24, 2.45) is 0 Å². The van der Waals surface area contributed by atoms with Crippen molar-refractivity contribution < 1.29 is 4.79 Å². The molecule has 0 aromatic carbocycles. The quantitative estimate of drug-likeness (QED) is 0.440. The Morgan fingerprint density at radius 1 is 1.16 bits per heavy atom. The van der Waals surface area contributed by atoms with E-state index in [1.807, 2.05) is 0 Å². The van der Waals surface area contributed by atoms with Crippen molar-refractivity contribution in [1.29, 1.82) is 0 Å². The summed E-state index contributed by atoms with van der Waals surface area (Å²) >= 11 is 0. The van der Waals surface area contributed by atoms with Crippen LogP contribution in [0, 0.1) is 0 Å². The molecule has 108 valence electrons. The van der Waals surface area contributed by atoms with Crippen LogP contribution in [0.5, 0.6) is 0 Å². The molecular weight excluding hydrogens is 236 g/mol. The first-order valence-corrected chi connectivity index (χ1v) is 8.02. The average molecular weight is 264 g/mol. The van der Waals surface area contributed by atoms with Gasteiger partial charge >= 0.3 is 0 Å². The van der Waals surface area contributed by atoms with E-state index in [9.17, 15) is 4.79 Å². The predicted octanol–water partition coefficient (Wildman–Crippen LogP) is 2.92. The Kier molecular flexibility index (Phi) is 6.42. The van der Waals surface area contributed by atoms with Crippen LogP contribution in [0.1, 0.15) is 64.2 Å². The first kappa shape index (κ1) is 14.6. The second-order valence-electron chi connectivity index (χ2n) is 5.94. The van der Waals surface area contributed by atoms with Gasteiger partial charge in [0.1, 0.15) is 0 Å². The van der Waals surface area contributed by atoms with E-state index in [1.165, 1.54) is 57.8 Å². The molecule has 2 rings (SSSR count). The van der Waals surface area contributed by atoms with E-state index in [1.54, 1.807) is 5.57 Å². The van der Waals surface area contributed by atoms with Gasteiger partial charge in [0, 0.05) is 6.04 Å². The fraction of sp³-hybridized carbons (Fsp3) is 0.812. The summed E-state index contributed by atoms with van der Waals surface area (Å²) < 4.78 is 0. The fourth-order valence-corrected chi connectivity index (χ4v) is 3.12. The largest absolute Gasteiger partial charge is 0.352 e. The molecule has 3 heteroatoms. The monoisotopic (exact) mass is 264 g/mol. The summed E-state index contributed by atoms with van der Waals surface area (Å²) in [6.45, 7) is 1.41. The molecule has 0 heterocycles. The molecule has 2 aliphatic rings. The summed E-state index contributed by atoms with van der Waals surface area (Å²) in [5.74, 6) is 0.173. The second kappa shape index (κ2) is 8.36. The average Bonchev–Trinajstić information content (AvgIpc) is 2.79. The number of amides is 1. The standard InChI is InChI=1S/C16H28N2O/c19-16(18-15-9-3-1-2-4-10-15)13-17-12-11-14-7-5-6-8-14/h7,15,17H,1-6,8-13H2,(H,18,19). The number of rotatable bonds is 6. The van der Waals surface area contributed by atoms with E-state index in [0.717, 1.165) is 13.0 Å². The third-order valence-corrected chi connectivity index (χ3v) is 4.26. The van der Waals surface area contributed by atoms with Gasteiger partial charge in [-0.2, -0.15) is 0 Å². The lowest BCUT2D eigenvalue weighted by atomic mass is 10.1. The van der Waals surface area contributed by atoms with Crippen molar-refractivity contribution in [3.05, 3.63) is 11.6 Å². The lowest BCUT2D eigenvalue weighted by Crippen LogP contribution is -2.40. The van der Waals surface area contributed by atoms with Gasteiger partial charge in [0.05, 0.1) is 6.54 Å². The smallest absolute Gasteiger partial charge is 0.234 e. The van der Waals surface area contributed by atoms with Crippen molar-refractivity contribution in [3.63, 3.8) is 0 Å². The Hall–Kier alpha value is -0.830. The fourth-order valence-electron chi connectivity index (χ4n) is 3.12. The molecular formula is C16H28N2O. The summed E-state index contributed by atoms with van der Waals surface area (Å²) in [6, 6.07) is 0.425. The molecule has 0 spiro atoms. The number of nitrogens with one attached hydrogen (secondary N) is 2. The number of allylic oxidation sites excluding steroid dienone is 1. The first-order valence-electron chi connectivity index (χ1n) is 8.02. The van der Waals surface area contributed by atoms with Crippen LogP contribution in [0.3, 0.4) is 0 Å². The Bertz CT molecular complexity index is 304. The molecule has 0 bridgehead atoms. The molecule has 0 aromatic rings. The molecule has 0 radical (unpaired) electrons. The van der Waals surface area contributed by atoms with Crippen molar-refractivity contribution in [2.75, 3.05) is 13.1 Å². The lowest BCUT2D eigenvalue weighted by Gasteiger charge is -2.16. The van der Waals surface area contributed by atoms with E-state index in [0.29, 0.717) is 12.6 Å². The molecule has 1 saturated carbocycles. The van der Waals surface area contributed by atoms with Crippen LogP contribution >= 0.6 is 0 Å². The van der Waals surface area contributed by atoms with E-state index >= 15 is 0 Å². The molecule has 0 aliphatic heterocycles. The number of carbonyl (C=O) groups is 1. The third-order valence-electron chi connectivity index (χ3n) is 4.26. The van der Waals surface area contributed by atoms with E-state index in [-0.39, 0.29) is 5.91 Å². The number of hydrogen-bond acceptors (Lipinski definition) is 2. The highest BCUT2D eigenvalue weighted by Gasteiger charge is 2.14. The Labute approximate surface area is 117 Å². The molecule has 0 aromatic heterocycles. The van der Waals surface area contributed by atoms with Crippen molar-refractivity contribution in [2.45, 2.75) is 70.3 Å². The van der Waals surface area contributed by atoms with Gasteiger partial charge < -0.3 is 10.6 Å². The predicted molar refractivity (Wildman–Crippen MR) is 79.1 cm³/mol. The maximum Gasteiger partial charge on any atom is 0.234 e. The summed E-state index contributed by atoms with van der Waals surface area (Å²) in [5.41, 5.74) is 1.57. The van der Waals surface area contributed by atoms with Gasteiger partial charge in [-0.25, -0.2) is 0 Å². The molecule has 0 saturated heterocycles. The molecule has 0 atom stereocenters. The third kappa shape index (κ3) is 5.77. The molecule has 1 amide bonds. The van der Waals surface area contributed by atoms with E-state index in [4.69, 9.17) is 0 Å².